The van der Waals surface area contributed by atoms with Gasteiger partial charge in [0.2, 0.25) is 5.91 Å². The molecule has 0 saturated heterocycles. The predicted octanol–water partition coefficient (Wildman–Crippen LogP) is 1.70. The minimum absolute atomic E-state index is 0.131. The summed E-state index contributed by atoms with van der Waals surface area (Å²) in [6.07, 6.45) is 0.403. The zero-order chi connectivity index (χ0) is 12.2. The molecule has 0 heterocycles. The monoisotopic (exact) mass is 355 g/mol. The third-order valence-electron chi connectivity index (χ3n) is 1.76. The first-order chi connectivity index (χ1) is 7.43. The summed E-state index contributed by atoms with van der Waals surface area (Å²) in [5.41, 5.74) is 0.502. The van der Waals surface area contributed by atoms with Gasteiger partial charge in [0.1, 0.15) is 0 Å². The van der Waals surface area contributed by atoms with Gasteiger partial charge >= 0.3 is 0 Å². The Morgan fingerprint density at radius 1 is 1.31 bits per heavy atom. The van der Waals surface area contributed by atoms with Gasteiger partial charge in [0.05, 0.1) is 4.90 Å². The van der Waals surface area contributed by atoms with E-state index in [0.29, 0.717) is 16.5 Å². The van der Waals surface area contributed by atoms with Gasteiger partial charge in [0.25, 0.3) is 10.1 Å². The Kier molecular flexibility index (Phi) is 4.69. The maximum absolute atomic E-state index is 11.2. The number of halogens is 1. The number of carbonyl (C=O) groups is 1. The summed E-state index contributed by atoms with van der Waals surface area (Å²) >= 11 is 2.09. The molecule has 5 nitrogen and oxygen atoms in total. The number of hydrogen-bond donors (Lipinski definition) is 2. The van der Waals surface area contributed by atoms with Crippen molar-refractivity contribution < 1.29 is 17.8 Å². The van der Waals surface area contributed by atoms with Crippen LogP contribution < -0.4 is 5.32 Å². The third kappa shape index (κ3) is 4.06. The van der Waals surface area contributed by atoms with E-state index in [-0.39, 0.29) is 10.8 Å². The molecule has 0 radical (unpaired) electrons. The van der Waals surface area contributed by atoms with E-state index in [1.165, 1.54) is 24.3 Å². The van der Waals surface area contributed by atoms with Crippen molar-refractivity contribution in [3.8, 4) is 0 Å². The number of benzene rings is 1. The van der Waals surface area contributed by atoms with E-state index >= 15 is 0 Å². The van der Waals surface area contributed by atoms with Crippen molar-refractivity contribution in [2.24, 2.45) is 0 Å². The fraction of sp³-hybridized carbons (Fsp3) is 0.222. The van der Waals surface area contributed by atoms with Crippen LogP contribution in [-0.4, -0.2) is 23.3 Å². The summed E-state index contributed by atoms with van der Waals surface area (Å²) in [5, 5.41) is 2.60. The summed E-state index contributed by atoms with van der Waals surface area (Å²) in [5.74, 6) is -0.131. The molecule has 0 bridgehead atoms. The Morgan fingerprint density at radius 2 is 1.88 bits per heavy atom. The highest BCUT2D eigenvalue weighted by Gasteiger charge is 2.08. The lowest BCUT2D eigenvalue weighted by atomic mass is 10.3. The van der Waals surface area contributed by atoms with Crippen LogP contribution in [0.3, 0.4) is 0 Å². The number of anilines is 1. The molecule has 0 unspecified atom stereocenters. The molecule has 2 N–H and O–H groups in total. The lowest BCUT2D eigenvalue weighted by molar-refractivity contribution is -0.115. The molecule has 88 valence electrons. The topological polar surface area (TPSA) is 83.5 Å². The van der Waals surface area contributed by atoms with E-state index in [9.17, 15) is 13.2 Å². The average molecular weight is 355 g/mol. The Labute approximate surface area is 107 Å². The second-order valence-corrected chi connectivity index (χ2v) is 5.49. The molecule has 1 aromatic carbocycles. The molecule has 0 aromatic heterocycles. The van der Waals surface area contributed by atoms with Crippen LogP contribution in [0.15, 0.2) is 29.2 Å². The van der Waals surface area contributed by atoms with Crippen molar-refractivity contribution in [1.29, 1.82) is 0 Å². The smallest absolute Gasteiger partial charge is 0.294 e. The van der Waals surface area contributed by atoms with Crippen molar-refractivity contribution >= 4 is 44.3 Å². The van der Waals surface area contributed by atoms with E-state index in [2.05, 4.69) is 27.9 Å². The normalized spacial score (nSPS) is 11.1. The molecule has 0 aliphatic rings. The van der Waals surface area contributed by atoms with Crippen molar-refractivity contribution in [3.63, 3.8) is 0 Å². The second-order valence-electron chi connectivity index (χ2n) is 2.99. The molecule has 0 saturated carbocycles. The van der Waals surface area contributed by atoms with Gasteiger partial charge in [-0.25, -0.2) is 0 Å². The predicted molar refractivity (Wildman–Crippen MR) is 68.4 cm³/mol. The molecule has 16 heavy (non-hydrogen) atoms. The molecular weight excluding hydrogens is 345 g/mol. The van der Waals surface area contributed by atoms with Crippen molar-refractivity contribution in [3.05, 3.63) is 24.3 Å². The Bertz CT molecular complexity index is 469. The number of hydrogen-bond acceptors (Lipinski definition) is 3. The highest BCUT2D eigenvalue weighted by molar-refractivity contribution is 14.1. The van der Waals surface area contributed by atoms with E-state index in [1.54, 1.807) is 0 Å². The van der Waals surface area contributed by atoms with Gasteiger partial charge in [0.15, 0.2) is 0 Å². The molecule has 0 spiro atoms. The highest BCUT2D eigenvalue weighted by atomic mass is 127. The summed E-state index contributed by atoms with van der Waals surface area (Å²) in [7, 11) is -4.17. The van der Waals surface area contributed by atoms with Gasteiger partial charge in [0, 0.05) is 16.5 Å². The zero-order valence-corrected chi connectivity index (χ0v) is 11.2. The molecule has 0 atom stereocenters. The molecule has 0 aliphatic heterocycles. The molecular formula is C9H10INO4S. The van der Waals surface area contributed by atoms with Crippen LogP contribution in [0.25, 0.3) is 0 Å². The van der Waals surface area contributed by atoms with Crippen LogP contribution in [0.2, 0.25) is 0 Å². The largest absolute Gasteiger partial charge is 0.326 e. The van der Waals surface area contributed by atoms with E-state index in [0.717, 1.165) is 0 Å². The van der Waals surface area contributed by atoms with Gasteiger partial charge in [-0.1, -0.05) is 22.6 Å². The van der Waals surface area contributed by atoms with Crippen LogP contribution in [0.1, 0.15) is 6.42 Å². The van der Waals surface area contributed by atoms with Crippen LogP contribution >= 0.6 is 22.6 Å². The van der Waals surface area contributed by atoms with E-state index in [4.69, 9.17) is 4.55 Å². The lowest BCUT2D eigenvalue weighted by Gasteiger charge is -2.04. The standard InChI is InChI=1S/C9H10INO4S/c10-6-5-9(12)11-7-1-3-8(4-2-7)16(13,14)15/h1-4H,5-6H2,(H,11,12)(H,13,14,15). The minimum atomic E-state index is -4.17. The van der Waals surface area contributed by atoms with Gasteiger partial charge in [-0.05, 0) is 24.3 Å². The summed E-state index contributed by atoms with van der Waals surface area (Å²) in [6.45, 7) is 0. The number of alkyl halides is 1. The van der Waals surface area contributed by atoms with E-state index in [1.807, 2.05) is 0 Å². The van der Waals surface area contributed by atoms with Gasteiger partial charge in [-0.2, -0.15) is 8.42 Å². The Balaban J connectivity index is 2.76. The molecule has 1 rings (SSSR count). The molecule has 7 heteroatoms. The quantitative estimate of drug-likeness (QED) is 0.489. The SMILES string of the molecule is O=C(CCI)Nc1ccc(S(=O)(=O)O)cc1. The number of rotatable bonds is 4. The summed E-state index contributed by atoms with van der Waals surface area (Å²) in [4.78, 5) is 11.0. The Hall–Kier alpha value is -0.670. The number of nitrogens with one attached hydrogen (secondary N) is 1. The lowest BCUT2D eigenvalue weighted by Crippen LogP contribution is -2.11. The van der Waals surface area contributed by atoms with Crippen LogP contribution in [0.4, 0.5) is 5.69 Å². The van der Waals surface area contributed by atoms with Gasteiger partial charge in [-0.15, -0.1) is 0 Å². The minimum Gasteiger partial charge on any atom is -0.326 e. The first-order valence-corrected chi connectivity index (χ1v) is 7.33. The first-order valence-electron chi connectivity index (χ1n) is 4.37. The highest BCUT2D eigenvalue weighted by Crippen LogP contribution is 2.13. The van der Waals surface area contributed by atoms with Crippen LogP contribution in [0, 0.1) is 0 Å². The number of carbonyl (C=O) groups excluding carboxylic acids is 1. The number of amides is 1. The maximum atomic E-state index is 11.2. The maximum Gasteiger partial charge on any atom is 0.294 e. The summed E-state index contributed by atoms with van der Waals surface area (Å²) in [6, 6.07) is 5.31. The Morgan fingerprint density at radius 3 is 2.31 bits per heavy atom. The molecule has 0 aliphatic carbocycles. The third-order valence-corrected chi connectivity index (χ3v) is 3.16. The fourth-order valence-corrected chi connectivity index (χ4v) is 1.99. The van der Waals surface area contributed by atoms with Crippen molar-refractivity contribution in [2.75, 3.05) is 9.74 Å². The molecule has 0 fully saturated rings. The van der Waals surface area contributed by atoms with Crippen LogP contribution in [0.5, 0.6) is 0 Å². The molecule has 1 aromatic rings. The first kappa shape index (κ1) is 13.4. The zero-order valence-electron chi connectivity index (χ0n) is 8.18. The van der Waals surface area contributed by atoms with Crippen molar-refractivity contribution in [2.45, 2.75) is 11.3 Å². The van der Waals surface area contributed by atoms with Crippen molar-refractivity contribution in [1.82, 2.24) is 0 Å². The van der Waals surface area contributed by atoms with Gasteiger partial charge in [-0.3, -0.25) is 9.35 Å². The fourth-order valence-electron chi connectivity index (χ4n) is 1.02. The average Bonchev–Trinajstić information content (AvgIpc) is 2.17. The van der Waals surface area contributed by atoms with E-state index < -0.39 is 10.1 Å². The second kappa shape index (κ2) is 5.60. The van der Waals surface area contributed by atoms with Gasteiger partial charge < -0.3 is 5.32 Å². The van der Waals surface area contributed by atoms with Crippen LogP contribution in [-0.2, 0) is 14.9 Å². The summed E-state index contributed by atoms with van der Waals surface area (Å²) < 4.78 is 30.9. The molecule has 1 amide bonds.